The van der Waals surface area contributed by atoms with Crippen molar-refractivity contribution in [3.63, 3.8) is 0 Å². The Kier molecular flexibility index (Phi) is 7.18. The third kappa shape index (κ3) is 5.52. The van der Waals surface area contributed by atoms with Crippen molar-refractivity contribution in [3.8, 4) is 33.2 Å². The van der Waals surface area contributed by atoms with Crippen molar-refractivity contribution in [3.05, 3.63) is 109 Å². The number of hydrogen-bond donors (Lipinski definition) is 1. The first-order chi connectivity index (χ1) is 21.0. The van der Waals surface area contributed by atoms with Crippen LogP contribution in [0.1, 0.15) is 5.56 Å². The highest BCUT2D eigenvalue weighted by Crippen LogP contribution is 2.33. The second-order valence-electron chi connectivity index (χ2n) is 10.2. The lowest BCUT2D eigenvalue weighted by Gasteiger charge is -2.10. The van der Waals surface area contributed by atoms with E-state index in [1.807, 2.05) is 90.5 Å². The molecule has 7 rings (SSSR count). The summed E-state index contributed by atoms with van der Waals surface area (Å²) < 4.78 is 3.10. The Morgan fingerprint density at radius 2 is 1.63 bits per heavy atom. The van der Waals surface area contributed by atoms with Crippen LogP contribution < -0.4 is 5.32 Å². The number of hydrogen-bond acceptors (Lipinski definition) is 7. The van der Waals surface area contributed by atoms with Gasteiger partial charge in [0.25, 0.3) is 0 Å². The van der Waals surface area contributed by atoms with Crippen LogP contribution in [0.25, 0.3) is 54.3 Å². The second-order valence-corrected chi connectivity index (χ2v) is 12.2. The number of anilines is 1. The normalized spacial score (nSPS) is 11.3. The van der Waals surface area contributed by atoms with E-state index in [9.17, 15) is 4.79 Å². The predicted octanol–water partition coefficient (Wildman–Crippen LogP) is 8.01. The molecule has 7 aromatic rings. The van der Waals surface area contributed by atoms with Crippen molar-refractivity contribution < 1.29 is 4.79 Å². The Bertz CT molecular complexity index is 2100. The number of benzene rings is 4. The molecule has 4 aromatic carbocycles. The Hall–Kier alpha value is -4.86. The largest absolute Gasteiger partial charge is 0.325 e. The Balaban J connectivity index is 1.06. The van der Waals surface area contributed by atoms with Crippen molar-refractivity contribution in [1.29, 1.82) is 0 Å². The van der Waals surface area contributed by atoms with Crippen LogP contribution in [0.2, 0.25) is 0 Å². The summed E-state index contributed by atoms with van der Waals surface area (Å²) in [6.07, 6.45) is 0. The summed E-state index contributed by atoms with van der Waals surface area (Å²) in [5, 5.41) is 14.5. The van der Waals surface area contributed by atoms with Gasteiger partial charge in [-0.2, -0.15) is 0 Å². The number of amides is 1. The van der Waals surface area contributed by atoms with Gasteiger partial charge in [0.05, 0.1) is 27.2 Å². The molecule has 3 heterocycles. The number of nitrogens with one attached hydrogen (secondary N) is 1. The van der Waals surface area contributed by atoms with Crippen LogP contribution in [-0.2, 0) is 11.8 Å². The minimum absolute atomic E-state index is 0.113. The van der Waals surface area contributed by atoms with Crippen LogP contribution in [0.4, 0.5) is 5.69 Å². The number of aromatic nitrogens is 5. The summed E-state index contributed by atoms with van der Waals surface area (Å²) in [4.78, 5) is 22.5. The lowest BCUT2D eigenvalue weighted by Crippen LogP contribution is -2.14. The summed E-state index contributed by atoms with van der Waals surface area (Å²) in [7, 11) is 1.93. The van der Waals surface area contributed by atoms with Gasteiger partial charge in [-0.05, 0) is 61.0 Å². The first-order valence-electron chi connectivity index (χ1n) is 13.8. The number of para-hydroxylation sites is 1. The molecule has 0 atom stereocenters. The molecule has 9 heteroatoms. The number of carbonyl (C=O) groups excluding carboxylic acids is 1. The van der Waals surface area contributed by atoms with Gasteiger partial charge in [0, 0.05) is 34.8 Å². The van der Waals surface area contributed by atoms with Gasteiger partial charge in [0.15, 0.2) is 11.0 Å². The van der Waals surface area contributed by atoms with Crippen LogP contribution in [0, 0.1) is 6.92 Å². The Morgan fingerprint density at radius 1 is 0.837 bits per heavy atom. The standard InChI is InChI=1S/C34H26N6OS2/c1-21-12-17-28-30(18-21)43-33(37-28)23-13-15-24(16-14-23)35-31(41)20-42-34-39-38-32(40(34)2)26-19-29(22-8-4-3-5-9-22)36-27-11-7-6-10-25(26)27/h3-19H,20H2,1-2H3,(H,35,41). The average Bonchev–Trinajstić information content (AvgIpc) is 3.63. The molecule has 7 nitrogen and oxygen atoms in total. The molecule has 210 valence electrons. The Morgan fingerprint density at radius 3 is 2.47 bits per heavy atom. The number of thioether (sulfide) groups is 1. The molecule has 0 unspecified atom stereocenters. The molecule has 0 aliphatic rings. The van der Waals surface area contributed by atoms with Gasteiger partial charge < -0.3 is 9.88 Å². The number of rotatable bonds is 7. The summed E-state index contributed by atoms with van der Waals surface area (Å²) in [6.45, 7) is 2.09. The van der Waals surface area contributed by atoms with Gasteiger partial charge in [-0.1, -0.05) is 66.4 Å². The molecule has 0 radical (unpaired) electrons. The summed E-state index contributed by atoms with van der Waals surface area (Å²) in [6, 6.07) is 34.3. The third-order valence-corrected chi connectivity index (χ3v) is 9.24. The van der Waals surface area contributed by atoms with Crippen molar-refractivity contribution in [2.75, 3.05) is 11.1 Å². The number of aryl methyl sites for hydroxylation is 1. The van der Waals surface area contributed by atoms with Gasteiger partial charge in [-0.25, -0.2) is 9.97 Å². The number of fused-ring (bicyclic) bond motifs is 2. The maximum Gasteiger partial charge on any atom is 0.234 e. The van der Waals surface area contributed by atoms with E-state index < -0.39 is 0 Å². The van der Waals surface area contributed by atoms with Crippen molar-refractivity contribution in [1.82, 2.24) is 24.7 Å². The zero-order chi connectivity index (χ0) is 29.3. The lowest BCUT2D eigenvalue weighted by atomic mass is 10.0. The molecule has 0 bridgehead atoms. The zero-order valence-electron chi connectivity index (χ0n) is 23.5. The van der Waals surface area contributed by atoms with E-state index in [1.54, 1.807) is 11.3 Å². The molecular formula is C34H26N6OS2. The summed E-state index contributed by atoms with van der Waals surface area (Å²) in [5.41, 5.74) is 7.72. The van der Waals surface area contributed by atoms with Crippen LogP contribution in [0.15, 0.2) is 108 Å². The fourth-order valence-electron chi connectivity index (χ4n) is 4.97. The maximum atomic E-state index is 12.8. The van der Waals surface area contributed by atoms with E-state index in [1.165, 1.54) is 22.0 Å². The molecular weight excluding hydrogens is 573 g/mol. The fourth-order valence-corrected chi connectivity index (χ4v) is 6.75. The highest BCUT2D eigenvalue weighted by Gasteiger charge is 2.17. The summed E-state index contributed by atoms with van der Waals surface area (Å²) in [5.74, 6) is 0.815. The van der Waals surface area contributed by atoms with Crippen LogP contribution in [-0.4, -0.2) is 36.4 Å². The number of pyridine rings is 1. The number of thiazole rings is 1. The number of carbonyl (C=O) groups is 1. The van der Waals surface area contributed by atoms with Crippen molar-refractivity contribution >= 4 is 55.8 Å². The van der Waals surface area contributed by atoms with E-state index in [0.717, 1.165) is 55.3 Å². The average molecular weight is 599 g/mol. The van der Waals surface area contributed by atoms with Gasteiger partial charge in [0.2, 0.25) is 5.91 Å². The fraction of sp³-hybridized carbons (Fsp3) is 0.0882. The van der Waals surface area contributed by atoms with Crippen LogP contribution in [0.5, 0.6) is 0 Å². The molecule has 0 fully saturated rings. The van der Waals surface area contributed by atoms with E-state index in [2.05, 4.69) is 46.7 Å². The summed E-state index contributed by atoms with van der Waals surface area (Å²) >= 11 is 3.02. The van der Waals surface area contributed by atoms with Gasteiger partial charge in [0.1, 0.15) is 5.01 Å². The van der Waals surface area contributed by atoms with Gasteiger partial charge in [-0.15, -0.1) is 21.5 Å². The molecule has 3 aromatic heterocycles. The second kappa shape index (κ2) is 11.4. The zero-order valence-corrected chi connectivity index (χ0v) is 25.1. The van der Waals surface area contributed by atoms with E-state index >= 15 is 0 Å². The number of nitrogens with zero attached hydrogens (tertiary/aromatic N) is 5. The van der Waals surface area contributed by atoms with E-state index in [-0.39, 0.29) is 11.7 Å². The maximum absolute atomic E-state index is 12.8. The monoisotopic (exact) mass is 598 g/mol. The van der Waals surface area contributed by atoms with Crippen LogP contribution >= 0.6 is 23.1 Å². The van der Waals surface area contributed by atoms with Crippen molar-refractivity contribution in [2.45, 2.75) is 12.1 Å². The molecule has 43 heavy (non-hydrogen) atoms. The molecule has 1 amide bonds. The highest BCUT2D eigenvalue weighted by molar-refractivity contribution is 7.99. The predicted molar refractivity (Wildman–Crippen MR) is 176 cm³/mol. The minimum Gasteiger partial charge on any atom is -0.325 e. The van der Waals surface area contributed by atoms with E-state index in [0.29, 0.717) is 5.16 Å². The van der Waals surface area contributed by atoms with Crippen molar-refractivity contribution in [2.24, 2.45) is 7.05 Å². The van der Waals surface area contributed by atoms with Gasteiger partial charge in [-0.3, -0.25) is 4.79 Å². The highest BCUT2D eigenvalue weighted by atomic mass is 32.2. The first kappa shape index (κ1) is 27.0. The SMILES string of the molecule is Cc1ccc2nc(-c3ccc(NC(=O)CSc4nnc(-c5cc(-c6ccccc6)nc6ccccc56)n4C)cc3)sc2c1. The molecule has 0 saturated carbocycles. The van der Waals surface area contributed by atoms with Gasteiger partial charge >= 0.3 is 0 Å². The molecule has 1 N–H and O–H groups in total. The minimum atomic E-state index is -0.113. The topological polar surface area (TPSA) is 85.6 Å². The third-order valence-electron chi connectivity index (χ3n) is 7.15. The molecule has 0 saturated heterocycles. The molecule has 0 spiro atoms. The molecule has 0 aliphatic heterocycles. The van der Waals surface area contributed by atoms with Crippen LogP contribution in [0.3, 0.4) is 0 Å². The first-order valence-corrected chi connectivity index (χ1v) is 15.6. The lowest BCUT2D eigenvalue weighted by molar-refractivity contribution is -0.113. The Labute approximate surface area is 256 Å². The van der Waals surface area contributed by atoms with E-state index in [4.69, 9.17) is 9.97 Å². The molecule has 0 aliphatic carbocycles. The smallest absolute Gasteiger partial charge is 0.234 e. The quantitative estimate of drug-likeness (QED) is 0.187.